The second kappa shape index (κ2) is 8.41. The molecule has 2 amide bonds. The average Bonchev–Trinajstić information content (AvgIpc) is 3.14. The molecule has 4 rings (SSSR count). The van der Waals surface area contributed by atoms with Crippen LogP contribution in [0.25, 0.3) is 0 Å². The molecule has 1 aromatic rings. The number of carbonyl (C=O) groups is 3. The highest BCUT2D eigenvalue weighted by molar-refractivity contribution is 6.12. The van der Waals surface area contributed by atoms with Crippen molar-refractivity contribution in [2.24, 2.45) is 22.7 Å². The third-order valence-electron chi connectivity index (χ3n) is 7.44. The van der Waals surface area contributed by atoms with Crippen molar-refractivity contribution in [1.29, 1.82) is 0 Å². The third kappa shape index (κ3) is 4.24. The molecule has 30 heavy (non-hydrogen) atoms. The molecule has 3 saturated carbocycles. The zero-order chi connectivity index (χ0) is 21.2. The third-order valence-corrected chi connectivity index (χ3v) is 7.44. The molecule has 3 aliphatic rings. The van der Waals surface area contributed by atoms with E-state index in [0.29, 0.717) is 42.5 Å². The Balaban J connectivity index is 1.59. The summed E-state index contributed by atoms with van der Waals surface area (Å²) in [6.45, 7) is -0.0611. The number of carbonyl (C=O) groups excluding carboxylic acids is 3. The molecule has 0 bridgehead atoms. The van der Waals surface area contributed by atoms with Gasteiger partial charge in [-0.25, -0.2) is 15.0 Å². The molecule has 8 nitrogen and oxygen atoms in total. The second-order valence-corrected chi connectivity index (χ2v) is 9.48. The molecule has 1 heterocycles. The number of nitrogens with one attached hydrogen (secondary N) is 1. The minimum Gasteiger partial charge on any atom is -0.310 e. The lowest BCUT2D eigenvalue weighted by Gasteiger charge is -2.32. The van der Waals surface area contributed by atoms with Crippen LogP contribution in [-0.2, 0) is 14.4 Å². The van der Waals surface area contributed by atoms with Gasteiger partial charge in [-0.15, -0.1) is 0 Å². The van der Waals surface area contributed by atoms with E-state index in [-0.39, 0.29) is 23.7 Å². The van der Waals surface area contributed by atoms with Gasteiger partial charge in [-0.05, 0) is 55.9 Å². The Morgan fingerprint density at radius 3 is 2.60 bits per heavy atom. The van der Waals surface area contributed by atoms with E-state index < -0.39 is 11.3 Å². The van der Waals surface area contributed by atoms with Crippen molar-refractivity contribution in [3.63, 3.8) is 0 Å². The van der Waals surface area contributed by atoms with Crippen molar-refractivity contribution in [2.75, 3.05) is 11.9 Å². The largest absolute Gasteiger partial charge is 0.310 e. The highest BCUT2D eigenvalue weighted by Gasteiger charge is 2.61. The van der Waals surface area contributed by atoms with E-state index in [1.807, 2.05) is 0 Å². The summed E-state index contributed by atoms with van der Waals surface area (Å²) in [5.41, 5.74) is -1.03. The van der Waals surface area contributed by atoms with Crippen LogP contribution < -0.4 is 5.32 Å². The van der Waals surface area contributed by atoms with Gasteiger partial charge < -0.3 is 5.32 Å². The van der Waals surface area contributed by atoms with Crippen LogP contribution in [-0.4, -0.2) is 44.9 Å². The number of Topliss-reactive ketones (excluding diaryl/α,β-unsaturated/α-hetero) is 1. The Bertz CT molecular complexity index is 792. The lowest BCUT2D eigenvalue weighted by molar-refractivity contribution is -0.157. The van der Waals surface area contributed by atoms with Crippen LogP contribution in [0.15, 0.2) is 18.6 Å². The molecule has 0 radical (unpaired) electrons. The number of anilines is 1. The Morgan fingerprint density at radius 2 is 2.00 bits per heavy atom. The molecule has 0 saturated heterocycles. The van der Waals surface area contributed by atoms with Crippen LogP contribution >= 0.6 is 0 Å². The summed E-state index contributed by atoms with van der Waals surface area (Å²) in [6.07, 6.45) is 12.3. The summed E-state index contributed by atoms with van der Waals surface area (Å²) in [7, 11) is 0. The van der Waals surface area contributed by atoms with Gasteiger partial charge in [-0.1, -0.05) is 25.7 Å². The first-order chi connectivity index (χ1) is 14.5. The highest BCUT2D eigenvalue weighted by Crippen LogP contribution is 2.64. The number of hydrogen-bond acceptors (Lipinski definition) is 6. The van der Waals surface area contributed by atoms with Crippen LogP contribution in [0.4, 0.5) is 5.82 Å². The van der Waals surface area contributed by atoms with E-state index in [4.69, 9.17) is 0 Å². The van der Waals surface area contributed by atoms with Gasteiger partial charge in [0.25, 0.3) is 0 Å². The number of rotatable bonds is 9. The number of hydrogen-bond donors (Lipinski definition) is 2. The number of ketones is 1. The van der Waals surface area contributed by atoms with Crippen LogP contribution in [0.5, 0.6) is 0 Å². The maximum absolute atomic E-state index is 13.9. The molecule has 3 aliphatic carbocycles. The van der Waals surface area contributed by atoms with Crippen molar-refractivity contribution in [1.82, 2.24) is 15.0 Å². The molecule has 162 valence electrons. The van der Waals surface area contributed by atoms with Gasteiger partial charge in [-0.3, -0.25) is 19.6 Å². The standard InChI is InChI=1S/C22H30N4O4/c27-15-26(30)12-17(11-16-3-1-2-4-16)19(28)22(9-8-21(13-22)6-7-21)20(29)25-18-5-10-23-14-24-18/h5,10,14-17,30H,1-4,6-9,11-13H2,(H,23,24,25,29). The van der Waals surface area contributed by atoms with Gasteiger partial charge in [0.05, 0.1) is 6.54 Å². The summed E-state index contributed by atoms with van der Waals surface area (Å²) < 4.78 is 0. The van der Waals surface area contributed by atoms with Crippen LogP contribution in [0.3, 0.4) is 0 Å². The van der Waals surface area contributed by atoms with Gasteiger partial charge in [0.2, 0.25) is 12.3 Å². The van der Waals surface area contributed by atoms with E-state index in [9.17, 15) is 19.6 Å². The number of amides is 2. The molecule has 1 spiro atoms. The van der Waals surface area contributed by atoms with E-state index in [0.717, 1.165) is 44.9 Å². The Morgan fingerprint density at radius 1 is 1.27 bits per heavy atom. The quantitative estimate of drug-likeness (QED) is 0.278. The van der Waals surface area contributed by atoms with Crippen molar-refractivity contribution in [2.45, 2.75) is 64.2 Å². The van der Waals surface area contributed by atoms with Crippen molar-refractivity contribution < 1.29 is 19.6 Å². The fourth-order valence-corrected chi connectivity index (χ4v) is 5.59. The Labute approximate surface area is 176 Å². The molecule has 3 fully saturated rings. The van der Waals surface area contributed by atoms with Gasteiger partial charge in [-0.2, -0.15) is 0 Å². The van der Waals surface area contributed by atoms with E-state index >= 15 is 0 Å². The smallest absolute Gasteiger partial charge is 0.239 e. The summed E-state index contributed by atoms with van der Waals surface area (Å²) in [4.78, 5) is 46.4. The van der Waals surface area contributed by atoms with Crippen LogP contribution in [0.2, 0.25) is 0 Å². The van der Waals surface area contributed by atoms with Gasteiger partial charge in [0.1, 0.15) is 17.6 Å². The monoisotopic (exact) mass is 414 g/mol. The van der Waals surface area contributed by atoms with Crippen molar-refractivity contribution in [3.8, 4) is 0 Å². The van der Waals surface area contributed by atoms with Gasteiger partial charge in [0.15, 0.2) is 5.78 Å². The van der Waals surface area contributed by atoms with Crippen molar-refractivity contribution in [3.05, 3.63) is 18.6 Å². The average molecular weight is 415 g/mol. The molecule has 8 heteroatoms. The number of aromatic nitrogens is 2. The van der Waals surface area contributed by atoms with E-state index in [1.165, 1.54) is 6.33 Å². The van der Waals surface area contributed by atoms with Crippen LogP contribution in [0.1, 0.15) is 64.2 Å². The lowest BCUT2D eigenvalue weighted by Crippen LogP contribution is -2.47. The zero-order valence-electron chi connectivity index (χ0n) is 17.3. The first kappa shape index (κ1) is 20.9. The predicted molar refractivity (Wildman–Crippen MR) is 108 cm³/mol. The zero-order valence-corrected chi connectivity index (χ0v) is 17.3. The molecular weight excluding hydrogens is 384 g/mol. The molecule has 1 aromatic heterocycles. The first-order valence-electron chi connectivity index (χ1n) is 11.0. The van der Waals surface area contributed by atoms with Crippen LogP contribution in [0, 0.1) is 22.7 Å². The summed E-state index contributed by atoms with van der Waals surface area (Å²) in [6, 6.07) is 1.61. The topological polar surface area (TPSA) is 112 Å². The molecule has 0 aromatic carbocycles. The highest BCUT2D eigenvalue weighted by atomic mass is 16.5. The van der Waals surface area contributed by atoms with Gasteiger partial charge >= 0.3 is 0 Å². The summed E-state index contributed by atoms with van der Waals surface area (Å²) in [5.74, 6) is -0.221. The number of hydroxylamine groups is 2. The molecule has 2 N–H and O–H groups in total. The van der Waals surface area contributed by atoms with E-state index in [1.54, 1.807) is 12.3 Å². The minimum atomic E-state index is -1.13. The Hall–Kier alpha value is -2.35. The molecule has 0 aliphatic heterocycles. The van der Waals surface area contributed by atoms with Crippen molar-refractivity contribution >= 4 is 23.9 Å². The fourth-order valence-electron chi connectivity index (χ4n) is 5.59. The molecule has 2 atom stereocenters. The van der Waals surface area contributed by atoms with Gasteiger partial charge in [0, 0.05) is 12.1 Å². The lowest BCUT2D eigenvalue weighted by atomic mass is 9.72. The Kier molecular flexibility index (Phi) is 5.86. The maximum atomic E-state index is 13.9. The normalized spacial score (nSPS) is 25.8. The molecular formula is C22H30N4O4. The summed E-state index contributed by atoms with van der Waals surface area (Å²) in [5, 5.41) is 13.2. The number of nitrogens with zero attached hydrogens (tertiary/aromatic N) is 3. The predicted octanol–water partition coefficient (Wildman–Crippen LogP) is 2.98. The minimum absolute atomic E-state index is 0.0611. The second-order valence-electron chi connectivity index (χ2n) is 9.48. The maximum Gasteiger partial charge on any atom is 0.239 e. The summed E-state index contributed by atoms with van der Waals surface area (Å²) >= 11 is 0. The van der Waals surface area contributed by atoms with E-state index in [2.05, 4.69) is 15.3 Å². The SMILES string of the molecule is O=CN(O)CC(CC1CCCC1)C(=O)C1(C(=O)Nc2ccncn2)CCC2(CC2)C1. The first-order valence-corrected chi connectivity index (χ1v) is 11.0. The molecule has 2 unspecified atom stereocenters. The fraction of sp³-hybridized carbons (Fsp3) is 0.682.